The maximum atomic E-state index is 13.4. The summed E-state index contributed by atoms with van der Waals surface area (Å²) in [5.41, 5.74) is 5.16. The van der Waals surface area contributed by atoms with E-state index in [1.165, 1.54) is 12.1 Å². The first-order valence-corrected chi connectivity index (χ1v) is 14.1. The molecular formula is C29H25BrN4O4S. The molecule has 0 radical (unpaired) electrons. The zero-order chi connectivity index (χ0) is 27.8. The van der Waals surface area contributed by atoms with E-state index in [0.29, 0.717) is 32.7 Å². The van der Waals surface area contributed by atoms with Gasteiger partial charge in [0.15, 0.2) is 0 Å². The van der Waals surface area contributed by atoms with E-state index in [1.807, 2.05) is 6.07 Å². The summed E-state index contributed by atoms with van der Waals surface area (Å²) in [6.45, 7) is 1.24. The second kappa shape index (κ2) is 12.5. The van der Waals surface area contributed by atoms with Crippen LogP contribution in [0, 0.1) is 0 Å². The van der Waals surface area contributed by atoms with Crippen LogP contribution in [0.1, 0.15) is 22.8 Å². The van der Waals surface area contributed by atoms with E-state index in [0.717, 1.165) is 4.31 Å². The van der Waals surface area contributed by atoms with Crippen LogP contribution >= 0.6 is 15.9 Å². The molecule has 0 aliphatic carbocycles. The van der Waals surface area contributed by atoms with Gasteiger partial charge in [-0.1, -0.05) is 70.5 Å². The molecule has 0 aliphatic heterocycles. The van der Waals surface area contributed by atoms with Gasteiger partial charge >= 0.3 is 0 Å². The van der Waals surface area contributed by atoms with Crippen molar-refractivity contribution in [1.82, 2.24) is 5.43 Å². The van der Waals surface area contributed by atoms with Gasteiger partial charge in [-0.25, -0.2) is 13.8 Å². The number of carbonyl (C=O) groups excluding carboxylic acids is 2. The molecule has 4 aromatic carbocycles. The van der Waals surface area contributed by atoms with Crippen molar-refractivity contribution in [1.29, 1.82) is 0 Å². The van der Waals surface area contributed by atoms with Crippen LogP contribution in [0.15, 0.2) is 124 Å². The minimum absolute atomic E-state index is 0.0666. The fourth-order valence-electron chi connectivity index (χ4n) is 3.63. The fraction of sp³-hybridized carbons (Fsp3) is 0.0690. The maximum absolute atomic E-state index is 13.4. The van der Waals surface area contributed by atoms with Gasteiger partial charge in [0.25, 0.3) is 21.8 Å². The standard InChI is InChI=1S/C29H25BrN4O4S/c1-21(22-15-17-25(18-16-22)31-29(36)23-9-4-2-5-10-23)32-33-28(35)20-34(26-12-8-11-24(30)19-26)39(37,38)27-13-6-3-7-14-27/h2-19H,20H2,1H3,(H,31,36)(H,33,35)/b32-21-. The maximum Gasteiger partial charge on any atom is 0.264 e. The number of anilines is 2. The van der Waals surface area contributed by atoms with Crippen molar-refractivity contribution in [3.8, 4) is 0 Å². The molecule has 0 aliphatic rings. The highest BCUT2D eigenvalue weighted by molar-refractivity contribution is 9.10. The van der Waals surface area contributed by atoms with Gasteiger partial charge in [0.1, 0.15) is 6.54 Å². The third-order valence-corrected chi connectivity index (χ3v) is 7.94. The summed E-state index contributed by atoms with van der Waals surface area (Å²) in [5.74, 6) is -0.831. The first kappa shape index (κ1) is 27.7. The monoisotopic (exact) mass is 604 g/mol. The second-order valence-electron chi connectivity index (χ2n) is 8.43. The van der Waals surface area contributed by atoms with Crippen molar-refractivity contribution < 1.29 is 18.0 Å². The Labute approximate surface area is 235 Å². The Hall–Kier alpha value is -4.28. The number of hydrogen-bond donors (Lipinski definition) is 2. The first-order valence-electron chi connectivity index (χ1n) is 11.9. The second-order valence-corrected chi connectivity index (χ2v) is 11.2. The van der Waals surface area contributed by atoms with Crippen LogP contribution in [0.4, 0.5) is 11.4 Å². The van der Waals surface area contributed by atoms with Crippen LogP contribution in [0.3, 0.4) is 0 Å². The lowest BCUT2D eigenvalue weighted by atomic mass is 10.1. The summed E-state index contributed by atoms with van der Waals surface area (Å²) in [6, 6.07) is 30.5. The Morgan fingerprint density at radius 1 is 0.821 bits per heavy atom. The van der Waals surface area contributed by atoms with Crippen molar-refractivity contribution in [2.75, 3.05) is 16.2 Å². The molecule has 0 saturated carbocycles. The molecule has 0 aromatic heterocycles. The molecule has 10 heteroatoms. The van der Waals surface area contributed by atoms with Crippen molar-refractivity contribution in [3.63, 3.8) is 0 Å². The van der Waals surface area contributed by atoms with Gasteiger partial charge in [0.05, 0.1) is 16.3 Å². The Kier molecular flexibility index (Phi) is 8.90. The molecule has 4 aromatic rings. The van der Waals surface area contributed by atoms with Gasteiger partial charge in [-0.3, -0.25) is 13.9 Å². The van der Waals surface area contributed by atoms with E-state index in [-0.39, 0.29) is 10.8 Å². The molecule has 2 amide bonds. The molecule has 0 spiro atoms. The largest absolute Gasteiger partial charge is 0.322 e. The molecule has 0 unspecified atom stereocenters. The summed E-state index contributed by atoms with van der Waals surface area (Å²) < 4.78 is 28.5. The molecular weight excluding hydrogens is 580 g/mol. The van der Waals surface area contributed by atoms with Gasteiger partial charge in [-0.05, 0) is 67.1 Å². The highest BCUT2D eigenvalue weighted by atomic mass is 79.9. The Morgan fingerprint density at radius 2 is 1.46 bits per heavy atom. The highest BCUT2D eigenvalue weighted by Gasteiger charge is 2.27. The molecule has 4 rings (SSSR count). The van der Waals surface area contributed by atoms with E-state index < -0.39 is 22.5 Å². The zero-order valence-electron chi connectivity index (χ0n) is 20.9. The van der Waals surface area contributed by atoms with Gasteiger partial charge in [-0.2, -0.15) is 5.10 Å². The molecule has 0 bridgehead atoms. The number of rotatable bonds is 9. The number of halogens is 1. The minimum Gasteiger partial charge on any atom is -0.322 e. The van der Waals surface area contributed by atoms with E-state index in [9.17, 15) is 18.0 Å². The topological polar surface area (TPSA) is 108 Å². The number of amides is 2. The number of nitrogens with zero attached hydrogens (tertiary/aromatic N) is 2. The van der Waals surface area contributed by atoms with Crippen LogP contribution in [-0.4, -0.2) is 32.5 Å². The smallest absolute Gasteiger partial charge is 0.264 e. The van der Waals surface area contributed by atoms with E-state index in [2.05, 4.69) is 31.8 Å². The number of nitrogens with one attached hydrogen (secondary N) is 2. The summed E-state index contributed by atoms with van der Waals surface area (Å²) in [4.78, 5) is 25.3. The summed E-state index contributed by atoms with van der Waals surface area (Å²) in [7, 11) is -4.02. The lowest BCUT2D eigenvalue weighted by Gasteiger charge is -2.24. The molecule has 0 fully saturated rings. The molecule has 2 N–H and O–H groups in total. The summed E-state index contributed by atoms with van der Waals surface area (Å²) in [6.07, 6.45) is 0. The number of hydrogen-bond acceptors (Lipinski definition) is 5. The van der Waals surface area contributed by atoms with Crippen LogP contribution in [-0.2, 0) is 14.8 Å². The van der Waals surface area contributed by atoms with E-state index >= 15 is 0 Å². The average Bonchev–Trinajstić information content (AvgIpc) is 2.96. The predicted molar refractivity (Wildman–Crippen MR) is 156 cm³/mol. The van der Waals surface area contributed by atoms with E-state index in [4.69, 9.17) is 0 Å². The van der Waals surface area contributed by atoms with Crippen LogP contribution in [0.25, 0.3) is 0 Å². The SMILES string of the molecule is C/C(=N/NC(=O)CN(c1cccc(Br)c1)S(=O)(=O)c1ccccc1)c1ccc(NC(=O)c2ccccc2)cc1. The Bertz CT molecular complexity index is 1590. The number of hydrazone groups is 1. The van der Waals surface area contributed by atoms with Crippen molar-refractivity contribution >= 4 is 54.9 Å². The minimum atomic E-state index is -4.02. The molecule has 8 nitrogen and oxygen atoms in total. The Morgan fingerprint density at radius 3 is 2.10 bits per heavy atom. The van der Waals surface area contributed by atoms with Gasteiger partial charge in [0, 0.05) is 15.7 Å². The predicted octanol–water partition coefficient (Wildman–Crippen LogP) is 5.44. The van der Waals surface area contributed by atoms with Crippen molar-refractivity contribution in [2.45, 2.75) is 11.8 Å². The third-order valence-electron chi connectivity index (χ3n) is 5.66. The third kappa shape index (κ3) is 7.18. The number of benzene rings is 4. The van der Waals surface area contributed by atoms with Gasteiger partial charge in [-0.15, -0.1) is 0 Å². The lowest BCUT2D eigenvalue weighted by Crippen LogP contribution is -2.39. The van der Waals surface area contributed by atoms with Gasteiger partial charge in [0.2, 0.25) is 0 Å². The normalized spacial score (nSPS) is 11.5. The quantitative estimate of drug-likeness (QED) is 0.196. The summed E-state index contributed by atoms with van der Waals surface area (Å²) >= 11 is 3.36. The van der Waals surface area contributed by atoms with Crippen LogP contribution in [0.2, 0.25) is 0 Å². The lowest BCUT2D eigenvalue weighted by molar-refractivity contribution is -0.119. The van der Waals surface area contributed by atoms with Crippen molar-refractivity contribution in [3.05, 3.63) is 125 Å². The molecule has 39 heavy (non-hydrogen) atoms. The number of sulfonamides is 1. The first-order chi connectivity index (χ1) is 18.7. The molecule has 198 valence electrons. The molecule has 0 atom stereocenters. The highest BCUT2D eigenvalue weighted by Crippen LogP contribution is 2.26. The zero-order valence-corrected chi connectivity index (χ0v) is 23.3. The fourth-order valence-corrected chi connectivity index (χ4v) is 5.45. The van der Waals surface area contributed by atoms with Crippen LogP contribution < -0.4 is 15.0 Å². The van der Waals surface area contributed by atoms with Gasteiger partial charge < -0.3 is 5.32 Å². The summed E-state index contributed by atoms with van der Waals surface area (Å²) in [5, 5.41) is 6.98. The average molecular weight is 606 g/mol. The van der Waals surface area contributed by atoms with E-state index in [1.54, 1.807) is 97.9 Å². The molecule has 0 saturated heterocycles. The number of carbonyl (C=O) groups is 2. The molecule has 0 heterocycles. The van der Waals surface area contributed by atoms with Crippen LogP contribution in [0.5, 0.6) is 0 Å². The Balaban J connectivity index is 1.46. The van der Waals surface area contributed by atoms with Crippen molar-refractivity contribution in [2.24, 2.45) is 5.10 Å².